The summed E-state index contributed by atoms with van der Waals surface area (Å²) in [5, 5.41) is 0. The number of rotatable bonds is 8. The highest BCUT2D eigenvalue weighted by molar-refractivity contribution is 6.83. The second kappa shape index (κ2) is 8.26. The molecule has 0 N–H and O–H groups in total. The molecule has 0 aliphatic carbocycles. The molecule has 4 heteroatoms. The molecule has 3 nitrogen and oxygen atoms in total. The number of hydrogen-bond acceptors (Lipinski definition) is 3. The molecule has 0 unspecified atom stereocenters. The molecule has 1 aliphatic heterocycles. The van der Waals surface area contributed by atoms with Gasteiger partial charge in [-0.05, 0) is 18.5 Å². The lowest BCUT2D eigenvalue weighted by Gasteiger charge is -2.52. The van der Waals surface area contributed by atoms with Gasteiger partial charge in [0.2, 0.25) is 0 Å². The molecular weight excluding hydrogens is 340 g/mol. The van der Waals surface area contributed by atoms with Crippen LogP contribution in [0.2, 0.25) is 22.7 Å². The Morgan fingerprint density at radius 3 is 2.04 bits per heavy atom. The lowest BCUT2D eigenvalue weighted by Crippen LogP contribution is -2.58. The lowest BCUT2D eigenvalue weighted by atomic mass is 9.83. The van der Waals surface area contributed by atoms with E-state index in [9.17, 15) is 4.79 Å². The standard InChI is InChI=1S/C22H36O3Si/c1-8-24-21(23)22(19-12-10-9-11-13-19)14-20(25-22)15-26(16(2)3,17(4)5)18(6)7/h9-13,16-18,20H,8,14-15H2,1-7H3/t20-,22+/m1/s1. The second-order valence-electron chi connectivity index (χ2n) is 8.64. The molecule has 2 atom stereocenters. The van der Waals surface area contributed by atoms with E-state index in [1.54, 1.807) is 0 Å². The average molecular weight is 377 g/mol. The van der Waals surface area contributed by atoms with Crippen molar-refractivity contribution in [3.63, 3.8) is 0 Å². The van der Waals surface area contributed by atoms with E-state index in [1.807, 2.05) is 37.3 Å². The van der Waals surface area contributed by atoms with E-state index < -0.39 is 13.7 Å². The zero-order valence-corrected chi connectivity index (χ0v) is 18.5. The molecule has 1 aliphatic rings. The summed E-state index contributed by atoms with van der Waals surface area (Å²) in [6.07, 6.45) is 0.884. The fourth-order valence-electron chi connectivity index (χ4n) is 5.20. The fraction of sp³-hybridized carbons (Fsp3) is 0.682. The monoisotopic (exact) mass is 376 g/mol. The van der Waals surface area contributed by atoms with E-state index in [0.717, 1.165) is 18.0 Å². The summed E-state index contributed by atoms with van der Waals surface area (Å²) >= 11 is 0. The van der Waals surface area contributed by atoms with Crippen molar-refractivity contribution < 1.29 is 14.3 Å². The molecule has 0 saturated carbocycles. The van der Waals surface area contributed by atoms with Crippen molar-refractivity contribution in [3.05, 3.63) is 35.9 Å². The number of carbonyl (C=O) groups excluding carboxylic acids is 1. The SMILES string of the molecule is CCOC(=O)[C@@]1(c2ccccc2)C[C@H](C[Si](C(C)C)(C(C)C)C(C)C)O1. The van der Waals surface area contributed by atoms with Gasteiger partial charge in [0.25, 0.3) is 0 Å². The molecular formula is C22H36O3Si. The molecule has 1 saturated heterocycles. The number of benzene rings is 1. The molecule has 2 rings (SSSR count). The minimum Gasteiger partial charge on any atom is -0.464 e. The Labute approximate surface area is 160 Å². The molecule has 1 aromatic carbocycles. The zero-order chi connectivity index (χ0) is 19.5. The minimum atomic E-state index is -1.55. The normalized spacial score (nSPS) is 23.4. The summed E-state index contributed by atoms with van der Waals surface area (Å²) in [6.45, 7) is 16.5. The van der Waals surface area contributed by atoms with E-state index in [0.29, 0.717) is 23.2 Å². The smallest absolute Gasteiger partial charge is 0.343 e. The summed E-state index contributed by atoms with van der Waals surface area (Å²) in [6, 6.07) is 11.0. The minimum absolute atomic E-state index is 0.151. The molecule has 0 aromatic heterocycles. The number of hydrogen-bond donors (Lipinski definition) is 0. The largest absolute Gasteiger partial charge is 0.464 e. The van der Waals surface area contributed by atoms with Crippen LogP contribution in [0, 0.1) is 0 Å². The third-order valence-electron chi connectivity index (χ3n) is 6.53. The summed E-state index contributed by atoms with van der Waals surface area (Å²) in [7, 11) is -1.55. The Kier molecular flexibility index (Phi) is 6.73. The first-order chi connectivity index (χ1) is 12.2. The van der Waals surface area contributed by atoms with Crippen LogP contribution in [-0.2, 0) is 19.9 Å². The maximum Gasteiger partial charge on any atom is 0.343 e. The summed E-state index contributed by atoms with van der Waals surface area (Å²) < 4.78 is 11.8. The van der Waals surface area contributed by atoms with E-state index in [-0.39, 0.29) is 12.1 Å². The van der Waals surface area contributed by atoms with Crippen molar-refractivity contribution in [1.29, 1.82) is 0 Å². The Bertz CT molecular complexity index is 567. The van der Waals surface area contributed by atoms with Gasteiger partial charge >= 0.3 is 5.97 Å². The lowest BCUT2D eigenvalue weighted by molar-refractivity contribution is -0.227. The quantitative estimate of drug-likeness (QED) is 0.418. The second-order valence-corrected chi connectivity index (χ2v) is 14.7. The Hall–Kier alpha value is -1.13. The van der Waals surface area contributed by atoms with Gasteiger partial charge in [0.05, 0.1) is 20.8 Å². The Morgan fingerprint density at radius 2 is 1.62 bits per heavy atom. The van der Waals surface area contributed by atoms with Crippen molar-refractivity contribution in [2.45, 2.75) is 89.3 Å². The van der Waals surface area contributed by atoms with Crippen molar-refractivity contribution >= 4 is 14.0 Å². The van der Waals surface area contributed by atoms with Gasteiger partial charge < -0.3 is 9.47 Å². The average Bonchev–Trinajstić information content (AvgIpc) is 2.54. The van der Waals surface area contributed by atoms with E-state index >= 15 is 0 Å². The molecule has 1 heterocycles. The van der Waals surface area contributed by atoms with Gasteiger partial charge in [0.15, 0.2) is 5.60 Å². The highest BCUT2D eigenvalue weighted by Gasteiger charge is 2.57. The van der Waals surface area contributed by atoms with Gasteiger partial charge in [-0.15, -0.1) is 0 Å². The number of ether oxygens (including phenoxy) is 2. The predicted molar refractivity (Wildman–Crippen MR) is 110 cm³/mol. The molecule has 0 spiro atoms. The molecule has 0 amide bonds. The van der Waals surface area contributed by atoms with Gasteiger partial charge in [0.1, 0.15) is 0 Å². The number of esters is 1. The van der Waals surface area contributed by atoms with E-state index in [2.05, 4.69) is 41.5 Å². The number of carbonyl (C=O) groups is 1. The van der Waals surface area contributed by atoms with Crippen LogP contribution in [0.25, 0.3) is 0 Å². The molecule has 0 bridgehead atoms. The molecule has 1 aromatic rings. The van der Waals surface area contributed by atoms with Gasteiger partial charge in [0, 0.05) is 6.42 Å². The highest BCUT2D eigenvalue weighted by Crippen LogP contribution is 2.52. The van der Waals surface area contributed by atoms with Crippen LogP contribution >= 0.6 is 0 Å². The van der Waals surface area contributed by atoms with Crippen LogP contribution in [0.5, 0.6) is 0 Å². The molecule has 26 heavy (non-hydrogen) atoms. The van der Waals surface area contributed by atoms with Crippen LogP contribution in [0.15, 0.2) is 30.3 Å². The zero-order valence-electron chi connectivity index (χ0n) is 17.5. The predicted octanol–water partition coefficient (Wildman–Crippen LogP) is 5.91. The van der Waals surface area contributed by atoms with E-state index in [4.69, 9.17) is 9.47 Å². The van der Waals surface area contributed by atoms with Gasteiger partial charge in [-0.1, -0.05) is 88.5 Å². The van der Waals surface area contributed by atoms with Crippen molar-refractivity contribution in [2.24, 2.45) is 0 Å². The maximum absolute atomic E-state index is 12.7. The summed E-state index contributed by atoms with van der Waals surface area (Å²) in [5.41, 5.74) is 2.09. The summed E-state index contributed by atoms with van der Waals surface area (Å²) in [5.74, 6) is -0.242. The van der Waals surface area contributed by atoms with Crippen molar-refractivity contribution in [2.75, 3.05) is 6.61 Å². The topological polar surface area (TPSA) is 35.5 Å². The van der Waals surface area contributed by atoms with E-state index in [1.165, 1.54) is 0 Å². The fourth-order valence-corrected chi connectivity index (χ4v) is 11.6. The third-order valence-corrected chi connectivity index (χ3v) is 14.1. The van der Waals surface area contributed by atoms with Gasteiger partial charge in [-0.3, -0.25) is 0 Å². The van der Waals surface area contributed by atoms with Crippen molar-refractivity contribution in [3.8, 4) is 0 Å². The van der Waals surface area contributed by atoms with Crippen LogP contribution < -0.4 is 0 Å². The maximum atomic E-state index is 12.7. The summed E-state index contributed by atoms with van der Waals surface area (Å²) in [4.78, 5) is 12.7. The molecule has 0 radical (unpaired) electrons. The first-order valence-corrected chi connectivity index (χ1v) is 12.5. The highest BCUT2D eigenvalue weighted by atomic mass is 28.3. The van der Waals surface area contributed by atoms with Gasteiger partial charge in [-0.25, -0.2) is 4.79 Å². The third kappa shape index (κ3) is 3.63. The van der Waals surface area contributed by atoms with Crippen LogP contribution in [0.4, 0.5) is 0 Å². The van der Waals surface area contributed by atoms with Crippen molar-refractivity contribution in [1.82, 2.24) is 0 Å². The molecule has 1 fully saturated rings. The Morgan fingerprint density at radius 1 is 1.12 bits per heavy atom. The Balaban J connectivity index is 2.25. The first-order valence-electron chi connectivity index (χ1n) is 10.1. The van der Waals surface area contributed by atoms with Gasteiger partial charge in [-0.2, -0.15) is 0 Å². The van der Waals surface area contributed by atoms with Crippen LogP contribution in [-0.4, -0.2) is 26.8 Å². The van der Waals surface area contributed by atoms with Crippen LogP contribution in [0.1, 0.15) is 60.5 Å². The first kappa shape index (κ1) is 21.2. The van der Waals surface area contributed by atoms with Crippen LogP contribution in [0.3, 0.4) is 0 Å². The molecule has 146 valence electrons.